The van der Waals surface area contributed by atoms with Crippen molar-refractivity contribution in [3.63, 3.8) is 0 Å². The van der Waals surface area contributed by atoms with E-state index in [1.165, 1.54) is 44.2 Å². The van der Waals surface area contributed by atoms with Gasteiger partial charge in [0.15, 0.2) is 11.5 Å². The number of amides is 1. The van der Waals surface area contributed by atoms with E-state index in [0.717, 1.165) is 9.87 Å². The molecule has 3 rings (SSSR count). The number of carbonyl (C=O) groups excluding carboxylic acids is 1. The third kappa shape index (κ3) is 6.42. The van der Waals surface area contributed by atoms with Crippen LogP contribution in [-0.4, -0.2) is 41.3 Å². The van der Waals surface area contributed by atoms with Crippen LogP contribution in [0.2, 0.25) is 0 Å². The molecule has 3 aromatic carbocycles. The van der Waals surface area contributed by atoms with Crippen molar-refractivity contribution in [1.29, 1.82) is 0 Å². The van der Waals surface area contributed by atoms with Gasteiger partial charge in [-0.3, -0.25) is 9.10 Å². The summed E-state index contributed by atoms with van der Waals surface area (Å²) in [5, 5.41) is 4.00. The summed E-state index contributed by atoms with van der Waals surface area (Å²) in [5.41, 5.74) is 4.78. The first kappa shape index (κ1) is 26.7. The molecule has 190 valence electrons. The first-order valence-electron chi connectivity index (χ1n) is 11.3. The maximum absolute atomic E-state index is 13.6. The van der Waals surface area contributed by atoms with Gasteiger partial charge in [-0.05, 0) is 40.8 Å². The summed E-state index contributed by atoms with van der Waals surface area (Å²) in [6.45, 7) is 5.92. The van der Waals surface area contributed by atoms with Gasteiger partial charge >= 0.3 is 0 Å². The molecule has 0 unspecified atom stereocenters. The first-order valence-corrected chi connectivity index (χ1v) is 12.7. The smallest absolute Gasteiger partial charge is 0.264 e. The number of sulfonamides is 1. The van der Waals surface area contributed by atoms with E-state index in [0.29, 0.717) is 11.4 Å². The maximum atomic E-state index is 13.6. The first-order chi connectivity index (χ1) is 17.1. The number of benzene rings is 3. The Bertz CT molecular complexity index is 1320. The standard InChI is InChI=1S/C27H31N3O5S/c1-27(2,3)21-13-11-20(12-14-21)18-28-29-26(31)19-30(22-9-7-6-8-10-22)36(32,33)23-15-16-24(34-4)25(17-23)35-5/h6-18H,19H2,1-5H3,(H,29,31)/b28-18-. The number of ether oxygens (including phenoxy) is 2. The number of hydrogen-bond donors (Lipinski definition) is 1. The van der Waals surface area contributed by atoms with Gasteiger partial charge in [-0.2, -0.15) is 5.10 Å². The van der Waals surface area contributed by atoms with E-state index in [2.05, 4.69) is 31.3 Å². The summed E-state index contributed by atoms with van der Waals surface area (Å²) in [6.07, 6.45) is 1.51. The zero-order valence-corrected chi connectivity index (χ0v) is 21.9. The molecule has 9 heteroatoms. The van der Waals surface area contributed by atoms with Crippen LogP contribution in [0, 0.1) is 0 Å². The highest BCUT2D eigenvalue weighted by Gasteiger charge is 2.28. The van der Waals surface area contributed by atoms with Crippen LogP contribution in [-0.2, 0) is 20.2 Å². The van der Waals surface area contributed by atoms with Crippen molar-refractivity contribution in [3.8, 4) is 11.5 Å². The molecule has 0 atom stereocenters. The van der Waals surface area contributed by atoms with Gasteiger partial charge in [-0.15, -0.1) is 0 Å². The van der Waals surface area contributed by atoms with Gasteiger partial charge in [0.2, 0.25) is 0 Å². The van der Waals surface area contributed by atoms with Crippen LogP contribution in [0.3, 0.4) is 0 Å². The van der Waals surface area contributed by atoms with Crippen molar-refractivity contribution in [3.05, 3.63) is 83.9 Å². The zero-order valence-electron chi connectivity index (χ0n) is 21.1. The number of anilines is 1. The lowest BCUT2D eigenvalue weighted by atomic mass is 9.87. The molecule has 3 aromatic rings. The highest BCUT2D eigenvalue weighted by atomic mass is 32.2. The fourth-order valence-electron chi connectivity index (χ4n) is 3.43. The van der Waals surface area contributed by atoms with Crippen LogP contribution in [0.5, 0.6) is 11.5 Å². The van der Waals surface area contributed by atoms with Gasteiger partial charge in [0.25, 0.3) is 15.9 Å². The summed E-state index contributed by atoms with van der Waals surface area (Å²) >= 11 is 0. The molecule has 0 aliphatic rings. The molecule has 0 saturated carbocycles. The van der Waals surface area contributed by atoms with Crippen LogP contribution >= 0.6 is 0 Å². The van der Waals surface area contributed by atoms with Gasteiger partial charge < -0.3 is 9.47 Å². The normalized spacial score (nSPS) is 11.8. The lowest BCUT2D eigenvalue weighted by molar-refractivity contribution is -0.119. The van der Waals surface area contributed by atoms with E-state index >= 15 is 0 Å². The van der Waals surface area contributed by atoms with Crippen molar-refractivity contribution in [2.45, 2.75) is 31.1 Å². The number of para-hydroxylation sites is 1. The Labute approximate surface area is 212 Å². The summed E-state index contributed by atoms with van der Waals surface area (Å²) in [6, 6.07) is 20.5. The minimum atomic E-state index is -4.12. The molecule has 0 bridgehead atoms. The summed E-state index contributed by atoms with van der Waals surface area (Å²) < 4.78 is 38.6. The van der Waals surface area contributed by atoms with Gasteiger partial charge in [0.1, 0.15) is 6.54 Å². The van der Waals surface area contributed by atoms with Crippen molar-refractivity contribution >= 4 is 27.8 Å². The average molecular weight is 510 g/mol. The Balaban J connectivity index is 1.81. The van der Waals surface area contributed by atoms with Gasteiger partial charge in [0.05, 0.1) is 31.0 Å². The highest BCUT2D eigenvalue weighted by Crippen LogP contribution is 2.32. The van der Waals surface area contributed by atoms with Crippen LogP contribution in [0.25, 0.3) is 0 Å². The van der Waals surface area contributed by atoms with E-state index in [9.17, 15) is 13.2 Å². The number of methoxy groups -OCH3 is 2. The van der Waals surface area contributed by atoms with Crippen molar-refractivity contribution in [2.24, 2.45) is 5.10 Å². The second kappa shape index (κ2) is 11.3. The SMILES string of the molecule is COc1ccc(S(=O)(=O)N(CC(=O)N/N=C\c2ccc(C(C)(C)C)cc2)c2ccccc2)cc1OC. The summed E-state index contributed by atoms with van der Waals surface area (Å²) in [4.78, 5) is 12.7. The largest absolute Gasteiger partial charge is 0.493 e. The van der Waals surface area contributed by atoms with E-state index in [-0.39, 0.29) is 16.1 Å². The maximum Gasteiger partial charge on any atom is 0.264 e. The summed E-state index contributed by atoms with van der Waals surface area (Å²) in [7, 11) is -1.23. The molecule has 0 heterocycles. The lowest BCUT2D eigenvalue weighted by Gasteiger charge is -2.24. The Hall–Kier alpha value is -3.85. The van der Waals surface area contributed by atoms with Crippen LogP contribution in [0.15, 0.2) is 82.8 Å². The lowest BCUT2D eigenvalue weighted by Crippen LogP contribution is -2.39. The molecular formula is C27H31N3O5S. The van der Waals surface area contributed by atoms with E-state index < -0.39 is 22.5 Å². The number of carbonyl (C=O) groups is 1. The van der Waals surface area contributed by atoms with E-state index in [1.807, 2.05) is 24.3 Å². The number of hydrazone groups is 1. The number of nitrogens with zero attached hydrogens (tertiary/aromatic N) is 2. The third-order valence-corrected chi connectivity index (χ3v) is 7.22. The molecule has 0 radical (unpaired) electrons. The van der Waals surface area contributed by atoms with Crippen molar-refractivity contribution in [1.82, 2.24) is 5.43 Å². The van der Waals surface area contributed by atoms with E-state index in [4.69, 9.17) is 9.47 Å². The fourth-order valence-corrected chi connectivity index (χ4v) is 4.86. The second-order valence-electron chi connectivity index (χ2n) is 9.03. The van der Waals surface area contributed by atoms with Gasteiger partial charge in [-0.1, -0.05) is 63.2 Å². The molecule has 1 N–H and O–H groups in total. The molecule has 1 amide bonds. The number of nitrogens with one attached hydrogen (secondary N) is 1. The van der Waals surface area contributed by atoms with Crippen molar-refractivity contribution in [2.75, 3.05) is 25.1 Å². The molecule has 0 aliphatic heterocycles. The van der Waals surface area contributed by atoms with Crippen molar-refractivity contribution < 1.29 is 22.7 Å². The third-order valence-electron chi connectivity index (χ3n) is 5.45. The minimum absolute atomic E-state index is 0.0319. The Morgan fingerprint density at radius 3 is 2.17 bits per heavy atom. The molecule has 0 spiro atoms. The van der Waals surface area contributed by atoms with Crippen LogP contribution in [0.4, 0.5) is 5.69 Å². The molecule has 0 fully saturated rings. The molecule has 0 saturated heterocycles. The second-order valence-corrected chi connectivity index (χ2v) is 10.9. The predicted molar refractivity (Wildman–Crippen MR) is 141 cm³/mol. The number of hydrogen-bond acceptors (Lipinski definition) is 6. The average Bonchev–Trinajstić information content (AvgIpc) is 2.87. The topological polar surface area (TPSA) is 97.3 Å². The Kier molecular flexibility index (Phi) is 8.37. The van der Waals surface area contributed by atoms with Gasteiger partial charge in [-0.25, -0.2) is 13.8 Å². The monoisotopic (exact) mass is 509 g/mol. The minimum Gasteiger partial charge on any atom is -0.493 e. The van der Waals surface area contributed by atoms with Crippen LogP contribution in [0.1, 0.15) is 31.9 Å². The quantitative estimate of drug-likeness (QED) is 0.342. The molecule has 8 nitrogen and oxygen atoms in total. The zero-order chi connectivity index (χ0) is 26.3. The van der Waals surface area contributed by atoms with Gasteiger partial charge in [0, 0.05) is 6.07 Å². The number of rotatable bonds is 9. The molecule has 0 aliphatic carbocycles. The highest BCUT2D eigenvalue weighted by molar-refractivity contribution is 7.92. The fraction of sp³-hybridized carbons (Fsp3) is 0.259. The van der Waals surface area contributed by atoms with Crippen LogP contribution < -0.4 is 19.2 Å². The molecule has 0 aromatic heterocycles. The Morgan fingerprint density at radius 2 is 1.58 bits per heavy atom. The van der Waals surface area contributed by atoms with E-state index in [1.54, 1.807) is 30.3 Å². The predicted octanol–water partition coefficient (Wildman–Crippen LogP) is 4.35. The molecule has 36 heavy (non-hydrogen) atoms. The Morgan fingerprint density at radius 1 is 0.944 bits per heavy atom. The summed E-state index contributed by atoms with van der Waals surface area (Å²) in [5.74, 6) is 0.0638. The molecular weight excluding hydrogens is 478 g/mol.